The zero-order valence-electron chi connectivity index (χ0n) is 11.2. The first-order chi connectivity index (χ1) is 7.72. The van der Waals surface area contributed by atoms with Crippen LogP contribution in [0.3, 0.4) is 0 Å². The summed E-state index contributed by atoms with van der Waals surface area (Å²) in [5, 5.41) is 10.2. The van der Waals surface area contributed by atoms with Crippen LogP contribution in [0.1, 0.15) is 46.5 Å². The third-order valence-corrected chi connectivity index (χ3v) is 3.64. The van der Waals surface area contributed by atoms with Gasteiger partial charge in [-0.05, 0) is 19.4 Å². The summed E-state index contributed by atoms with van der Waals surface area (Å²) in [4.78, 5) is 4.65. The fourth-order valence-corrected chi connectivity index (χ4v) is 2.69. The molecule has 1 fully saturated rings. The van der Waals surface area contributed by atoms with Crippen molar-refractivity contribution in [1.29, 1.82) is 0 Å². The Labute approximate surface area is 100 Å². The summed E-state index contributed by atoms with van der Waals surface area (Å²) in [6, 6.07) is 0.587. The Kier molecular flexibility index (Phi) is 6.32. The molecule has 1 unspecified atom stereocenters. The van der Waals surface area contributed by atoms with Crippen molar-refractivity contribution in [2.24, 2.45) is 0 Å². The minimum Gasteiger partial charge on any atom is -0.377 e. The summed E-state index contributed by atoms with van der Waals surface area (Å²) >= 11 is 0. The van der Waals surface area contributed by atoms with Crippen LogP contribution < -0.4 is 0 Å². The topological polar surface area (TPSA) is 26.7 Å². The first kappa shape index (κ1) is 13.9. The van der Waals surface area contributed by atoms with Gasteiger partial charge in [-0.3, -0.25) is 9.80 Å². The highest BCUT2D eigenvalue weighted by Gasteiger charge is 2.28. The van der Waals surface area contributed by atoms with E-state index in [9.17, 15) is 5.11 Å². The molecule has 0 saturated carbocycles. The zero-order chi connectivity index (χ0) is 12.0. The minimum absolute atomic E-state index is 0.253. The van der Waals surface area contributed by atoms with Crippen molar-refractivity contribution in [3.8, 4) is 0 Å². The lowest BCUT2D eigenvalue weighted by Gasteiger charge is -2.42. The number of β-amino-alcohol motifs (C(OH)–C–C–N with tert-alkyl or cyclic N) is 1. The molecule has 3 nitrogen and oxygen atoms in total. The third kappa shape index (κ3) is 3.72. The molecule has 0 amide bonds. The average Bonchev–Trinajstić information content (AvgIpc) is 2.29. The molecular weight excluding hydrogens is 200 g/mol. The Bertz CT molecular complexity index is 181. The van der Waals surface area contributed by atoms with E-state index in [1.165, 1.54) is 25.7 Å². The van der Waals surface area contributed by atoms with E-state index in [4.69, 9.17) is 0 Å². The largest absolute Gasteiger partial charge is 0.377 e. The van der Waals surface area contributed by atoms with Gasteiger partial charge in [-0.25, -0.2) is 0 Å². The van der Waals surface area contributed by atoms with Crippen LogP contribution in [-0.4, -0.2) is 53.4 Å². The molecule has 1 heterocycles. The van der Waals surface area contributed by atoms with Crippen molar-refractivity contribution in [2.75, 3.05) is 26.2 Å². The van der Waals surface area contributed by atoms with Crippen LogP contribution in [0.15, 0.2) is 0 Å². The monoisotopic (exact) mass is 228 g/mol. The lowest BCUT2D eigenvalue weighted by Crippen LogP contribution is -2.56. The average molecular weight is 228 g/mol. The van der Waals surface area contributed by atoms with E-state index >= 15 is 0 Å². The quantitative estimate of drug-likeness (QED) is 0.752. The second kappa shape index (κ2) is 7.25. The zero-order valence-corrected chi connectivity index (χ0v) is 11.2. The van der Waals surface area contributed by atoms with Gasteiger partial charge in [0.15, 0.2) is 0 Å². The van der Waals surface area contributed by atoms with Gasteiger partial charge < -0.3 is 5.11 Å². The van der Waals surface area contributed by atoms with Crippen molar-refractivity contribution in [2.45, 2.75) is 58.7 Å². The van der Waals surface area contributed by atoms with E-state index in [0.717, 1.165) is 26.2 Å². The molecule has 0 aromatic heterocycles. The molecule has 0 aromatic carbocycles. The molecule has 1 rings (SSSR count). The summed E-state index contributed by atoms with van der Waals surface area (Å²) in [6.45, 7) is 10.6. The number of nitrogens with zero attached hydrogens (tertiary/aromatic N) is 2. The maximum atomic E-state index is 10.2. The van der Waals surface area contributed by atoms with Crippen molar-refractivity contribution in [3.05, 3.63) is 0 Å². The normalized spacial score (nSPS) is 24.2. The summed E-state index contributed by atoms with van der Waals surface area (Å²) in [6.07, 6.45) is 4.61. The number of hydrogen-bond donors (Lipinski definition) is 1. The second-order valence-corrected chi connectivity index (χ2v) is 4.84. The number of aliphatic hydroxyl groups excluding tert-OH is 1. The Morgan fingerprint density at radius 2 is 1.75 bits per heavy atom. The molecule has 1 atom stereocenters. The van der Waals surface area contributed by atoms with Gasteiger partial charge in [0.1, 0.15) is 6.23 Å². The Morgan fingerprint density at radius 3 is 2.19 bits per heavy atom. The Morgan fingerprint density at radius 1 is 1.12 bits per heavy atom. The predicted molar refractivity (Wildman–Crippen MR) is 68.4 cm³/mol. The molecule has 0 bridgehead atoms. The van der Waals surface area contributed by atoms with Crippen LogP contribution in [0.4, 0.5) is 0 Å². The summed E-state index contributed by atoms with van der Waals surface area (Å²) < 4.78 is 0. The summed E-state index contributed by atoms with van der Waals surface area (Å²) in [5.74, 6) is 0. The molecule has 0 radical (unpaired) electrons. The number of rotatable bonds is 6. The van der Waals surface area contributed by atoms with Gasteiger partial charge in [-0.2, -0.15) is 0 Å². The van der Waals surface area contributed by atoms with Gasteiger partial charge in [0.2, 0.25) is 0 Å². The number of hydrogen-bond acceptors (Lipinski definition) is 3. The lowest BCUT2D eigenvalue weighted by atomic mass is 10.0. The molecule has 0 spiro atoms. The SMILES string of the molecule is CCCC(CCC)N1CCN(CC)CC1O. The Hall–Kier alpha value is -0.120. The van der Waals surface area contributed by atoms with Gasteiger partial charge >= 0.3 is 0 Å². The van der Waals surface area contributed by atoms with Gasteiger partial charge in [0, 0.05) is 25.7 Å². The highest BCUT2D eigenvalue weighted by atomic mass is 16.3. The first-order valence-electron chi connectivity index (χ1n) is 6.89. The number of aliphatic hydroxyl groups is 1. The molecule has 1 aliphatic rings. The second-order valence-electron chi connectivity index (χ2n) is 4.84. The van der Waals surface area contributed by atoms with Crippen LogP contribution in [-0.2, 0) is 0 Å². The molecule has 3 heteroatoms. The van der Waals surface area contributed by atoms with Crippen molar-refractivity contribution >= 4 is 0 Å². The first-order valence-corrected chi connectivity index (χ1v) is 6.89. The molecule has 1 saturated heterocycles. The molecule has 16 heavy (non-hydrogen) atoms. The highest BCUT2D eigenvalue weighted by Crippen LogP contribution is 2.18. The molecule has 0 aliphatic carbocycles. The Balaban J connectivity index is 2.50. The van der Waals surface area contributed by atoms with Crippen molar-refractivity contribution in [1.82, 2.24) is 9.80 Å². The van der Waals surface area contributed by atoms with E-state index in [-0.39, 0.29) is 6.23 Å². The maximum Gasteiger partial charge on any atom is 0.120 e. The van der Waals surface area contributed by atoms with Gasteiger partial charge in [-0.15, -0.1) is 0 Å². The van der Waals surface area contributed by atoms with E-state index < -0.39 is 0 Å². The van der Waals surface area contributed by atoms with E-state index in [0.29, 0.717) is 6.04 Å². The van der Waals surface area contributed by atoms with Gasteiger partial charge in [0.25, 0.3) is 0 Å². The molecule has 1 N–H and O–H groups in total. The maximum absolute atomic E-state index is 10.2. The fourth-order valence-electron chi connectivity index (χ4n) is 2.69. The van der Waals surface area contributed by atoms with E-state index in [1.54, 1.807) is 0 Å². The van der Waals surface area contributed by atoms with Crippen molar-refractivity contribution < 1.29 is 5.11 Å². The van der Waals surface area contributed by atoms with Crippen molar-refractivity contribution in [3.63, 3.8) is 0 Å². The molecule has 1 aliphatic heterocycles. The highest BCUT2D eigenvalue weighted by molar-refractivity contribution is 4.80. The van der Waals surface area contributed by atoms with Crippen LogP contribution in [0.2, 0.25) is 0 Å². The van der Waals surface area contributed by atoms with E-state index in [1.807, 2.05) is 0 Å². The van der Waals surface area contributed by atoms with Crippen LogP contribution in [0.25, 0.3) is 0 Å². The minimum atomic E-state index is -0.253. The standard InChI is InChI=1S/C13H28N2O/c1-4-7-12(8-5-2)15-10-9-14(6-3)11-13(15)16/h12-13,16H,4-11H2,1-3H3. The van der Waals surface area contributed by atoms with E-state index in [2.05, 4.69) is 30.6 Å². The summed E-state index contributed by atoms with van der Waals surface area (Å²) in [7, 11) is 0. The lowest BCUT2D eigenvalue weighted by molar-refractivity contribution is -0.0798. The smallest absolute Gasteiger partial charge is 0.120 e. The van der Waals surface area contributed by atoms with Crippen LogP contribution in [0.5, 0.6) is 0 Å². The van der Waals surface area contributed by atoms with Gasteiger partial charge in [0.05, 0.1) is 0 Å². The number of likely N-dealkylation sites (N-methyl/N-ethyl adjacent to an activating group) is 1. The predicted octanol–water partition coefficient (Wildman–Crippen LogP) is 1.91. The fraction of sp³-hybridized carbons (Fsp3) is 1.00. The van der Waals surface area contributed by atoms with Gasteiger partial charge in [-0.1, -0.05) is 33.6 Å². The summed E-state index contributed by atoms with van der Waals surface area (Å²) in [5.41, 5.74) is 0. The number of piperazine rings is 1. The molecular formula is C13H28N2O. The third-order valence-electron chi connectivity index (χ3n) is 3.64. The molecule has 96 valence electrons. The van der Waals surface area contributed by atoms with Crippen LogP contribution in [0, 0.1) is 0 Å². The van der Waals surface area contributed by atoms with Crippen LogP contribution >= 0.6 is 0 Å². The molecule has 0 aromatic rings.